The first-order valence-corrected chi connectivity index (χ1v) is 8.64. The average molecular weight is 354 g/mol. The molecule has 0 atom stereocenters. The number of aromatic nitrogens is 1. The number of pyridine rings is 1. The van der Waals surface area contributed by atoms with E-state index in [-0.39, 0.29) is 12.3 Å². The first-order chi connectivity index (χ1) is 12.0. The molecule has 0 spiro atoms. The van der Waals surface area contributed by atoms with Crippen molar-refractivity contribution >= 4 is 39.1 Å². The maximum absolute atomic E-state index is 12.4. The Hall–Kier alpha value is -2.73. The molecule has 0 radical (unpaired) electrons. The van der Waals surface area contributed by atoms with Gasteiger partial charge in [-0.2, -0.15) is 0 Å². The summed E-state index contributed by atoms with van der Waals surface area (Å²) < 4.78 is 4.67. The minimum Gasteiger partial charge on any atom is -0.465 e. The minimum atomic E-state index is -0.407. The molecule has 1 amide bonds. The van der Waals surface area contributed by atoms with E-state index in [4.69, 9.17) is 0 Å². The third-order valence-electron chi connectivity index (χ3n) is 4.08. The second kappa shape index (κ2) is 7.03. The first kappa shape index (κ1) is 17.1. The maximum atomic E-state index is 12.4. The van der Waals surface area contributed by atoms with Gasteiger partial charge in [-0.05, 0) is 43.2 Å². The highest BCUT2D eigenvalue weighted by Gasteiger charge is 2.15. The molecule has 0 aliphatic carbocycles. The molecule has 1 aromatic carbocycles. The monoisotopic (exact) mass is 354 g/mol. The molecule has 25 heavy (non-hydrogen) atoms. The number of amides is 1. The number of benzene rings is 1. The predicted molar refractivity (Wildman–Crippen MR) is 99.2 cm³/mol. The van der Waals surface area contributed by atoms with Crippen LogP contribution in [-0.4, -0.2) is 24.0 Å². The molecular weight excluding hydrogens is 336 g/mol. The zero-order valence-electron chi connectivity index (χ0n) is 14.3. The van der Waals surface area contributed by atoms with Crippen molar-refractivity contribution in [1.82, 2.24) is 4.98 Å². The molecule has 5 nitrogen and oxygen atoms in total. The Labute approximate surface area is 149 Å². The Morgan fingerprint density at radius 1 is 1.16 bits per heavy atom. The van der Waals surface area contributed by atoms with Crippen molar-refractivity contribution < 1.29 is 14.3 Å². The number of aryl methyl sites for hydroxylation is 2. The molecule has 128 valence electrons. The number of methoxy groups -OCH3 is 1. The summed E-state index contributed by atoms with van der Waals surface area (Å²) in [6.45, 7) is 3.93. The normalized spacial score (nSPS) is 10.7. The molecule has 6 heteroatoms. The van der Waals surface area contributed by atoms with Crippen molar-refractivity contribution in [3.05, 3.63) is 58.1 Å². The summed E-state index contributed by atoms with van der Waals surface area (Å²) in [7, 11) is 1.33. The van der Waals surface area contributed by atoms with E-state index in [0.717, 1.165) is 27.7 Å². The lowest BCUT2D eigenvalue weighted by Gasteiger charge is -2.12. The summed E-state index contributed by atoms with van der Waals surface area (Å²) in [5.74, 6) is -0.544. The number of esters is 1. The van der Waals surface area contributed by atoms with Gasteiger partial charge in [0.2, 0.25) is 5.91 Å². The Morgan fingerprint density at radius 2 is 1.92 bits per heavy atom. The molecule has 0 aliphatic rings. The zero-order chi connectivity index (χ0) is 18.0. The Bertz CT molecular complexity index is 962. The SMILES string of the molecule is COC(=O)c1ccc(NC(=O)Cc2c(C)nc3ccccc3c2C)s1. The van der Waals surface area contributed by atoms with Gasteiger partial charge in [-0.3, -0.25) is 9.78 Å². The number of hydrogen-bond donors (Lipinski definition) is 1. The quantitative estimate of drug-likeness (QED) is 0.722. The largest absolute Gasteiger partial charge is 0.465 e. The molecule has 0 fully saturated rings. The fourth-order valence-electron chi connectivity index (χ4n) is 2.79. The summed E-state index contributed by atoms with van der Waals surface area (Å²) in [5.41, 5.74) is 3.79. The molecule has 0 bridgehead atoms. The Balaban J connectivity index is 1.80. The number of ether oxygens (including phenoxy) is 1. The number of rotatable bonds is 4. The van der Waals surface area contributed by atoms with E-state index in [1.165, 1.54) is 18.4 Å². The summed E-state index contributed by atoms with van der Waals surface area (Å²) >= 11 is 1.19. The van der Waals surface area contributed by atoms with Crippen LogP contribution < -0.4 is 5.32 Å². The van der Waals surface area contributed by atoms with Gasteiger partial charge in [-0.25, -0.2) is 4.79 Å². The van der Waals surface area contributed by atoms with Crippen molar-refractivity contribution in [2.75, 3.05) is 12.4 Å². The topological polar surface area (TPSA) is 68.3 Å². The zero-order valence-corrected chi connectivity index (χ0v) is 15.1. The fraction of sp³-hybridized carbons (Fsp3) is 0.211. The van der Waals surface area contributed by atoms with Gasteiger partial charge in [0.1, 0.15) is 4.88 Å². The second-order valence-electron chi connectivity index (χ2n) is 5.70. The van der Waals surface area contributed by atoms with Crippen molar-refractivity contribution in [1.29, 1.82) is 0 Å². The Kier molecular flexibility index (Phi) is 4.81. The average Bonchev–Trinajstić information content (AvgIpc) is 3.06. The number of anilines is 1. The van der Waals surface area contributed by atoms with Gasteiger partial charge >= 0.3 is 5.97 Å². The summed E-state index contributed by atoms with van der Waals surface area (Å²) in [5, 5.41) is 4.51. The third kappa shape index (κ3) is 3.53. The molecule has 2 heterocycles. The fourth-order valence-corrected chi connectivity index (χ4v) is 3.63. The molecular formula is C19H18N2O3S. The highest BCUT2D eigenvalue weighted by atomic mass is 32.1. The van der Waals surface area contributed by atoms with Crippen LogP contribution in [-0.2, 0) is 16.0 Å². The predicted octanol–water partition coefficient (Wildman–Crippen LogP) is 3.88. The standard InChI is InChI=1S/C19H18N2O3S/c1-11-13-6-4-5-7-15(13)20-12(2)14(11)10-17(22)21-18-9-8-16(25-18)19(23)24-3/h4-9H,10H2,1-3H3,(H,21,22). The van der Waals surface area contributed by atoms with Gasteiger partial charge in [0.05, 0.1) is 24.0 Å². The van der Waals surface area contributed by atoms with E-state index in [1.807, 2.05) is 38.1 Å². The van der Waals surface area contributed by atoms with E-state index in [9.17, 15) is 9.59 Å². The van der Waals surface area contributed by atoms with E-state index in [0.29, 0.717) is 9.88 Å². The van der Waals surface area contributed by atoms with Crippen LogP contribution in [0.1, 0.15) is 26.5 Å². The summed E-state index contributed by atoms with van der Waals surface area (Å²) in [4.78, 5) is 29.0. The summed E-state index contributed by atoms with van der Waals surface area (Å²) in [6.07, 6.45) is 0.237. The highest BCUT2D eigenvalue weighted by molar-refractivity contribution is 7.18. The van der Waals surface area contributed by atoms with Gasteiger partial charge in [0.15, 0.2) is 0 Å². The molecule has 0 aliphatic heterocycles. The van der Waals surface area contributed by atoms with Gasteiger partial charge in [0, 0.05) is 11.1 Å². The molecule has 3 rings (SSSR count). The number of para-hydroxylation sites is 1. The van der Waals surface area contributed by atoms with Crippen LogP contribution in [0.15, 0.2) is 36.4 Å². The lowest BCUT2D eigenvalue weighted by Crippen LogP contribution is -2.15. The number of nitrogens with zero attached hydrogens (tertiary/aromatic N) is 1. The Morgan fingerprint density at radius 3 is 2.68 bits per heavy atom. The van der Waals surface area contributed by atoms with Crippen LogP contribution in [0.25, 0.3) is 10.9 Å². The van der Waals surface area contributed by atoms with Crippen molar-refractivity contribution in [3.63, 3.8) is 0 Å². The summed E-state index contributed by atoms with van der Waals surface area (Å²) in [6, 6.07) is 11.2. The van der Waals surface area contributed by atoms with Crippen LogP contribution in [0, 0.1) is 13.8 Å². The lowest BCUT2D eigenvalue weighted by molar-refractivity contribution is -0.115. The van der Waals surface area contributed by atoms with Crippen LogP contribution >= 0.6 is 11.3 Å². The van der Waals surface area contributed by atoms with E-state index < -0.39 is 5.97 Å². The van der Waals surface area contributed by atoms with Gasteiger partial charge in [0.25, 0.3) is 0 Å². The molecule has 2 aromatic heterocycles. The number of carbonyl (C=O) groups excluding carboxylic acids is 2. The van der Waals surface area contributed by atoms with E-state index in [2.05, 4.69) is 15.0 Å². The van der Waals surface area contributed by atoms with Crippen molar-refractivity contribution in [3.8, 4) is 0 Å². The molecule has 3 aromatic rings. The maximum Gasteiger partial charge on any atom is 0.348 e. The number of fused-ring (bicyclic) bond motifs is 1. The van der Waals surface area contributed by atoms with Gasteiger partial charge in [-0.15, -0.1) is 11.3 Å². The number of hydrogen-bond acceptors (Lipinski definition) is 5. The highest BCUT2D eigenvalue weighted by Crippen LogP contribution is 2.25. The number of thiophene rings is 1. The third-order valence-corrected chi connectivity index (χ3v) is 5.06. The van der Waals surface area contributed by atoms with Gasteiger partial charge in [-0.1, -0.05) is 18.2 Å². The van der Waals surface area contributed by atoms with Crippen molar-refractivity contribution in [2.45, 2.75) is 20.3 Å². The molecule has 0 saturated heterocycles. The number of carbonyl (C=O) groups is 2. The molecule has 0 saturated carbocycles. The molecule has 1 N–H and O–H groups in total. The van der Waals surface area contributed by atoms with Crippen LogP contribution in [0.3, 0.4) is 0 Å². The minimum absolute atomic E-state index is 0.137. The number of nitrogens with one attached hydrogen (secondary N) is 1. The van der Waals surface area contributed by atoms with Crippen LogP contribution in [0.5, 0.6) is 0 Å². The second-order valence-corrected chi connectivity index (χ2v) is 6.78. The first-order valence-electron chi connectivity index (χ1n) is 7.82. The van der Waals surface area contributed by atoms with Crippen LogP contribution in [0.4, 0.5) is 5.00 Å². The molecule has 0 unspecified atom stereocenters. The van der Waals surface area contributed by atoms with E-state index >= 15 is 0 Å². The lowest BCUT2D eigenvalue weighted by atomic mass is 9.99. The smallest absolute Gasteiger partial charge is 0.348 e. The van der Waals surface area contributed by atoms with Crippen LogP contribution in [0.2, 0.25) is 0 Å². The van der Waals surface area contributed by atoms with Crippen molar-refractivity contribution in [2.24, 2.45) is 0 Å². The van der Waals surface area contributed by atoms with Gasteiger partial charge < -0.3 is 10.1 Å². The van der Waals surface area contributed by atoms with E-state index in [1.54, 1.807) is 12.1 Å².